The van der Waals surface area contributed by atoms with Gasteiger partial charge in [0.15, 0.2) is 5.78 Å². The summed E-state index contributed by atoms with van der Waals surface area (Å²) in [4.78, 5) is 13.5. The first-order valence-corrected chi connectivity index (χ1v) is 6.03. The quantitative estimate of drug-likeness (QED) is 0.729. The Kier molecular flexibility index (Phi) is 4.81. The Morgan fingerprint density at radius 3 is 2.50 bits per heavy atom. The molecule has 0 atom stereocenters. The van der Waals surface area contributed by atoms with Gasteiger partial charge in [0.05, 0.1) is 5.02 Å². The van der Waals surface area contributed by atoms with Crippen LogP contribution in [0.2, 0.25) is 5.02 Å². The molecule has 0 saturated carbocycles. The topological polar surface area (TPSA) is 20.3 Å². The minimum absolute atomic E-state index is 0.00934. The van der Waals surface area contributed by atoms with Crippen molar-refractivity contribution in [1.82, 2.24) is 0 Å². The second-order valence-electron chi connectivity index (χ2n) is 3.80. The van der Waals surface area contributed by atoms with Crippen LogP contribution in [0.1, 0.15) is 37.6 Å². The van der Waals surface area contributed by atoms with Gasteiger partial charge in [0, 0.05) is 24.3 Å². The van der Waals surface area contributed by atoms with Crippen molar-refractivity contribution in [2.45, 2.75) is 27.2 Å². The van der Waals surface area contributed by atoms with Gasteiger partial charge in [0.25, 0.3) is 0 Å². The molecule has 0 aromatic heterocycles. The molecule has 0 aliphatic rings. The molecule has 0 aliphatic carbocycles. The summed E-state index contributed by atoms with van der Waals surface area (Å²) in [6.07, 6.45) is 1.10. The molecule has 0 unspecified atom stereocenters. The number of hydrogen-bond acceptors (Lipinski definition) is 2. The number of ketones is 1. The minimum atomic E-state index is 0.00934. The Labute approximate surface area is 102 Å². The van der Waals surface area contributed by atoms with Crippen LogP contribution in [0, 0.1) is 0 Å². The van der Waals surface area contributed by atoms with E-state index in [9.17, 15) is 4.79 Å². The maximum absolute atomic E-state index is 11.2. The molecule has 2 nitrogen and oxygen atoms in total. The number of hydrogen-bond donors (Lipinski definition) is 0. The van der Waals surface area contributed by atoms with Gasteiger partial charge in [-0.3, -0.25) is 4.79 Å². The number of carbonyl (C=O) groups excluding carboxylic acids is 1. The number of halogens is 1. The van der Waals surface area contributed by atoms with Crippen molar-refractivity contribution >= 4 is 23.1 Å². The van der Waals surface area contributed by atoms with Gasteiger partial charge in [-0.15, -0.1) is 0 Å². The first-order chi connectivity index (χ1) is 7.60. The summed E-state index contributed by atoms with van der Waals surface area (Å²) in [5.74, 6) is 0.00934. The van der Waals surface area contributed by atoms with Crippen LogP contribution in [0.15, 0.2) is 18.2 Å². The summed E-state index contributed by atoms with van der Waals surface area (Å²) in [5, 5.41) is 0.541. The molecule has 16 heavy (non-hydrogen) atoms. The minimum Gasteiger partial charge on any atom is -0.372 e. The normalized spacial score (nSPS) is 10.2. The van der Waals surface area contributed by atoms with Crippen LogP contribution in [0.5, 0.6) is 0 Å². The van der Waals surface area contributed by atoms with Crippen molar-refractivity contribution in [2.75, 3.05) is 18.0 Å². The SMILES string of the molecule is CCCN(CC)c1ccc(C(C)=O)c(Cl)c1. The smallest absolute Gasteiger partial charge is 0.161 e. The lowest BCUT2D eigenvalue weighted by molar-refractivity contribution is 0.101. The van der Waals surface area contributed by atoms with Gasteiger partial charge < -0.3 is 4.90 Å². The summed E-state index contributed by atoms with van der Waals surface area (Å²) in [6.45, 7) is 7.75. The lowest BCUT2D eigenvalue weighted by Gasteiger charge is -2.22. The zero-order chi connectivity index (χ0) is 12.1. The third kappa shape index (κ3) is 2.99. The Morgan fingerprint density at radius 1 is 1.38 bits per heavy atom. The predicted molar refractivity (Wildman–Crippen MR) is 69.6 cm³/mol. The van der Waals surface area contributed by atoms with Crippen molar-refractivity contribution in [3.8, 4) is 0 Å². The van der Waals surface area contributed by atoms with Crippen molar-refractivity contribution in [3.63, 3.8) is 0 Å². The van der Waals surface area contributed by atoms with E-state index in [0.717, 1.165) is 25.2 Å². The first kappa shape index (κ1) is 13.0. The summed E-state index contributed by atoms with van der Waals surface area (Å²) in [7, 11) is 0. The number of Topliss-reactive ketones (excluding diaryl/α,β-unsaturated/α-hetero) is 1. The first-order valence-electron chi connectivity index (χ1n) is 5.65. The molecule has 0 N–H and O–H groups in total. The number of carbonyl (C=O) groups is 1. The number of rotatable bonds is 5. The summed E-state index contributed by atoms with van der Waals surface area (Å²) < 4.78 is 0. The monoisotopic (exact) mass is 239 g/mol. The van der Waals surface area contributed by atoms with Crippen LogP contribution in [-0.2, 0) is 0 Å². The highest BCUT2D eigenvalue weighted by Crippen LogP contribution is 2.24. The Morgan fingerprint density at radius 2 is 2.06 bits per heavy atom. The molecule has 1 aromatic rings. The van der Waals surface area contributed by atoms with E-state index in [0.29, 0.717) is 10.6 Å². The van der Waals surface area contributed by atoms with Gasteiger partial charge in [-0.1, -0.05) is 18.5 Å². The van der Waals surface area contributed by atoms with Gasteiger partial charge >= 0.3 is 0 Å². The third-order valence-electron chi connectivity index (χ3n) is 2.57. The van der Waals surface area contributed by atoms with Crippen LogP contribution in [0.3, 0.4) is 0 Å². The second-order valence-corrected chi connectivity index (χ2v) is 4.21. The molecule has 0 amide bonds. The molecule has 0 spiro atoms. The fraction of sp³-hybridized carbons (Fsp3) is 0.462. The van der Waals surface area contributed by atoms with Crippen LogP contribution in [0.25, 0.3) is 0 Å². The maximum Gasteiger partial charge on any atom is 0.161 e. The van der Waals surface area contributed by atoms with E-state index >= 15 is 0 Å². The highest BCUT2D eigenvalue weighted by Gasteiger charge is 2.09. The van der Waals surface area contributed by atoms with Crippen LogP contribution >= 0.6 is 11.6 Å². The molecule has 0 aliphatic heterocycles. The van der Waals surface area contributed by atoms with Gasteiger partial charge in [0.1, 0.15) is 0 Å². The summed E-state index contributed by atoms with van der Waals surface area (Å²) in [5.41, 5.74) is 1.68. The highest BCUT2D eigenvalue weighted by molar-refractivity contribution is 6.34. The van der Waals surface area contributed by atoms with Crippen molar-refractivity contribution in [3.05, 3.63) is 28.8 Å². The van der Waals surface area contributed by atoms with Crippen LogP contribution in [-0.4, -0.2) is 18.9 Å². The van der Waals surface area contributed by atoms with Crippen LogP contribution < -0.4 is 4.90 Å². The van der Waals surface area contributed by atoms with Gasteiger partial charge in [0.2, 0.25) is 0 Å². The van der Waals surface area contributed by atoms with E-state index in [1.54, 1.807) is 6.07 Å². The third-order valence-corrected chi connectivity index (χ3v) is 2.89. The molecule has 1 rings (SSSR count). The maximum atomic E-state index is 11.2. The van der Waals surface area contributed by atoms with Crippen LogP contribution in [0.4, 0.5) is 5.69 Å². The molecule has 3 heteroatoms. The van der Waals surface area contributed by atoms with E-state index in [2.05, 4.69) is 18.7 Å². The van der Waals surface area contributed by atoms with Crippen molar-refractivity contribution in [1.29, 1.82) is 0 Å². The van der Waals surface area contributed by atoms with Gasteiger partial charge in [-0.05, 0) is 38.5 Å². The van der Waals surface area contributed by atoms with E-state index in [1.165, 1.54) is 6.92 Å². The molecule has 0 bridgehead atoms. The number of anilines is 1. The summed E-state index contributed by atoms with van der Waals surface area (Å²) in [6, 6.07) is 5.64. The Hall–Kier alpha value is -1.02. The van der Waals surface area contributed by atoms with E-state index in [1.807, 2.05) is 12.1 Å². The Balaban J connectivity index is 2.99. The molecule has 1 aromatic carbocycles. The lowest BCUT2D eigenvalue weighted by Crippen LogP contribution is -2.23. The standard InChI is InChI=1S/C13H18ClNO/c1-4-8-15(5-2)11-6-7-12(10(3)16)13(14)9-11/h6-7,9H,4-5,8H2,1-3H3. The second kappa shape index (κ2) is 5.90. The molecular formula is C13H18ClNO. The highest BCUT2D eigenvalue weighted by atomic mass is 35.5. The fourth-order valence-electron chi connectivity index (χ4n) is 1.73. The van der Waals surface area contributed by atoms with E-state index in [-0.39, 0.29) is 5.78 Å². The largest absolute Gasteiger partial charge is 0.372 e. The van der Waals surface area contributed by atoms with Gasteiger partial charge in [-0.2, -0.15) is 0 Å². The molecular weight excluding hydrogens is 222 g/mol. The Bertz CT molecular complexity index is 376. The molecule has 0 radical (unpaired) electrons. The lowest BCUT2D eigenvalue weighted by atomic mass is 10.1. The average Bonchev–Trinajstić information content (AvgIpc) is 2.25. The molecule has 0 fully saturated rings. The zero-order valence-electron chi connectivity index (χ0n) is 10.1. The number of nitrogens with zero attached hydrogens (tertiary/aromatic N) is 1. The fourth-order valence-corrected chi connectivity index (χ4v) is 2.03. The average molecular weight is 240 g/mol. The van der Waals surface area contributed by atoms with E-state index in [4.69, 9.17) is 11.6 Å². The van der Waals surface area contributed by atoms with E-state index < -0.39 is 0 Å². The number of benzene rings is 1. The predicted octanol–water partition coefficient (Wildman–Crippen LogP) is 3.78. The molecule has 88 valence electrons. The molecule has 0 saturated heterocycles. The molecule has 0 heterocycles. The summed E-state index contributed by atoms with van der Waals surface area (Å²) >= 11 is 6.08. The van der Waals surface area contributed by atoms with Gasteiger partial charge in [-0.25, -0.2) is 0 Å². The zero-order valence-corrected chi connectivity index (χ0v) is 10.8. The van der Waals surface area contributed by atoms with Crippen molar-refractivity contribution in [2.24, 2.45) is 0 Å². The van der Waals surface area contributed by atoms with Crippen molar-refractivity contribution < 1.29 is 4.79 Å².